The van der Waals surface area contributed by atoms with Gasteiger partial charge >= 0.3 is 119 Å². The maximum absolute atomic E-state index is 2.59. The zero-order valence-corrected chi connectivity index (χ0v) is 15.4. The second-order valence-electron chi connectivity index (χ2n) is 5.41. The molecule has 3 heteroatoms. The van der Waals surface area contributed by atoms with Crippen molar-refractivity contribution in [2.24, 2.45) is 0 Å². The van der Waals surface area contributed by atoms with Crippen LogP contribution in [0, 0.1) is 0 Å². The topological polar surface area (TPSA) is 0 Å². The van der Waals surface area contributed by atoms with E-state index in [1.807, 2.05) is 0 Å². The summed E-state index contributed by atoms with van der Waals surface area (Å²) in [7, 11) is 0. The average Bonchev–Trinajstić information content (AvgIpc) is 3.14. The van der Waals surface area contributed by atoms with Gasteiger partial charge in [-0.2, -0.15) is 0 Å². The minimum atomic E-state index is -2.24. The van der Waals surface area contributed by atoms with E-state index < -0.39 is 16.1 Å². The van der Waals surface area contributed by atoms with Crippen LogP contribution in [0.4, 0.5) is 0 Å². The van der Waals surface area contributed by atoms with Crippen LogP contribution in [0.15, 0.2) is 74.5 Å². The molecule has 0 radical (unpaired) electrons. The van der Waals surface area contributed by atoms with Crippen LogP contribution >= 0.6 is 24.8 Å². The SMILES string of the molecule is Cl.Cl.[CH3][Ti](=[CH]c1ccccc1)([C]1=CC=CC1)[C]1=CC=CC1. The Hall–Kier alpha value is -0.656. The van der Waals surface area contributed by atoms with Crippen molar-refractivity contribution in [1.29, 1.82) is 0 Å². The molecule has 111 valence electrons. The van der Waals surface area contributed by atoms with Crippen LogP contribution in [-0.2, 0) is 16.1 Å². The van der Waals surface area contributed by atoms with E-state index in [9.17, 15) is 0 Å². The Morgan fingerprint density at radius 1 is 0.857 bits per heavy atom. The van der Waals surface area contributed by atoms with Gasteiger partial charge in [0.25, 0.3) is 0 Å². The van der Waals surface area contributed by atoms with Gasteiger partial charge < -0.3 is 0 Å². The first-order valence-corrected chi connectivity index (χ1v) is 10.9. The fourth-order valence-electron chi connectivity index (χ4n) is 2.94. The van der Waals surface area contributed by atoms with Gasteiger partial charge in [0.15, 0.2) is 0 Å². The third-order valence-corrected chi connectivity index (χ3v) is 10.9. The second-order valence-corrected chi connectivity index (χ2v) is 11.6. The van der Waals surface area contributed by atoms with Gasteiger partial charge in [0, 0.05) is 0 Å². The molecule has 0 atom stereocenters. The van der Waals surface area contributed by atoms with E-state index in [4.69, 9.17) is 0 Å². The van der Waals surface area contributed by atoms with E-state index in [0.29, 0.717) is 0 Å². The first-order valence-electron chi connectivity index (χ1n) is 6.92. The molecule has 0 fully saturated rings. The first-order chi connectivity index (χ1) is 9.29. The number of allylic oxidation sites excluding steroid dienone is 8. The van der Waals surface area contributed by atoms with Crippen LogP contribution in [0.3, 0.4) is 0 Å². The molecule has 0 bridgehead atoms. The molecular weight excluding hydrogens is 335 g/mol. The van der Waals surface area contributed by atoms with Crippen molar-refractivity contribution in [3.63, 3.8) is 0 Å². The van der Waals surface area contributed by atoms with Crippen LogP contribution in [0.1, 0.15) is 18.4 Å². The monoisotopic (exact) mass is 355 g/mol. The van der Waals surface area contributed by atoms with E-state index in [1.165, 1.54) is 5.56 Å². The molecule has 1 aromatic rings. The number of benzene rings is 1. The van der Waals surface area contributed by atoms with E-state index in [-0.39, 0.29) is 24.8 Å². The first kappa shape index (κ1) is 18.4. The molecule has 21 heavy (non-hydrogen) atoms. The van der Waals surface area contributed by atoms with Crippen molar-refractivity contribution in [2.45, 2.75) is 18.1 Å². The Bertz CT molecular complexity index is 615. The molecule has 0 heterocycles. The van der Waals surface area contributed by atoms with Crippen LogP contribution in [0.25, 0.3) is 0 Å². The molecule has 0 nitrogen and oxygen atoms in total. The molecule has 1 aromatic carbocycles. The van der Waals surface area contributed by atoms with Gasteiger partial charge in [0.05, 0.1) is 0 Å². The predicted octanol–water partition coefficient (Wildman–Crippen LogP) is 5.57. The quantitative estimate of drug-likeness (QED) is 0.621. The van der Waals surface area contributed by atoms with Gasteiger partial charge in [-0.05, 0) is 0 Å². The van der Waals surface area contributed by atoms with Crippen molar-refractivity contribution < 1.29 is 16.1 Å². The third-order valence-electron chi connectivity index (χ3n) is 4.13. The molecule has 0 amide bonds. The average molecular weight is 356 g/mol. The van der Waals surface area contributed by atoms with Gasteiger partial charge in [0.1, 0.15) is 0 Å². The van der Waals surface area contributed by atoms with Crippen molar-refractivity contribution in [2.75, 3.05) is 0 Å². The molecule has 0 aliphatic heterocycles. The molecule has 0 N–H and O–H groups in total. The molecule has 0 unspecified atom stereocenters. The van der Waals surface area contributed by atoms with E-state index >= 15 is 0 Å². The summed E-state index contributed by atoms with van der Waals surface area (Å²) in [6.07, 6.45) is 16.0. The second kappa shape index (κ2) is 8.10. The summed E-state index contributed by atoms with van der Waals surface area (Å²) in [6, 6.07) is 10.8. The number of hydrogen-bond donors (Lipinski definition) is 0. The molecule has 0 aromatic heterocycles. The summed E-state index contributed by atoms with van der Waals surface area (Å²) in [5, 5.41) is 2.53. The normalized spacial score (nSPS) is 15.9. The van der Waals surface area contributed by atoms with Gasteiger partial charge in [-0.3, -0.25) is 0 Å². The standard InChI is InChI=1S/C7H6.2C5H5.CH3.2ClH.Ti/c1-7-5-3-2-4-6-7;2*1-2-4-5-3-1;;;;/h1-6H;2*1-3H,4H2;1H3;2*1H;. The summed E-state index contributed by atoms with van der Waals surface area (Å²) < 4.78 is 5.95. The Kier molecular flexibility index (Phi) is 7.10. The number of rotatable bonds is 3. The summed E-state index contributed by atoms with van der Waals surface area (Å²) in [5.41, 5.74) is 1.38. The summed E-state index contributed by atoms with van der Waals surface area (Å²) in [6.45, 7) is 0. The summed E-state index contributed by atoms with van der Waals surface area (Å²) in [4.78, 5) is 0. The molecule has 0 saturated heterocycles. The number of halogens is 2. The van der Waals surface area contributed by atoms with Crippen LogP contribution in [-0.4, -0.2) is 4.31 Å². The van der Waals surface area contributed by atoms with Crippen LogP contribution < -0.4 is 0 Å². The van der Waals surface area contributed by atoms with Gasteiger partial charge in [-0.25, -0.2) is 0 Å². The number of hydrogen-bond acceptors (Lipinski definition) is 0. The molecule has 0 spiro atoms. The van der Waals surface area contributed by atoms with Crippen LogP contribution in [0.5, 0.6) is 0 Å². The summed E-state index contributed by atoms with van der Waals surface area (Å²) in [5.74, 6) is 0. The Morgan fingerprint density at radius 2 is 1.38 bits per heavy atom. The molecule has 2 aliphatic rings. The minimum absolute atomic E-state index is 0. The van der Waals surface area contributed by atoms with Gasteiger partial charge in [-0.15, -0.1) is 24.8 Å². The van der Waals surface area contributed by atoms with E-state index in [1.54, 1.807) is 7.76 Å². The van der Waals surface area contributed by atoms with Crippen molar-refractivity contribution in [3.05, 3.63) is 80.1 Å². The Morgan fingerprint density at radius 3 is 1.81 bits per heavy atom. The van der Waals surface area contributed by atoms with E-state index in [2.05, 4.69) is 76.3 Å². The molecular formula is C18H21Cl2Ti. The maximum atomic E-state index is 2.59. The molecule has 0 saturated carbocycles. The Balaban J connectivity index is 0.00000110. The van der Waals surface area contributed by atoms with Crippen LogP contribution in [0.2, 0.25) is 5.23 Å². The third kappa shape index (κ3) is 3.96. The zero-order chi connectivity index (χ0) is 13.1. The summed E-state index contributed by atoms with van der Waals surface area (Å²) >= 11 is -2.24. The molecule has 3 rings (SSSR count). The fourth-order valence-corrected chi connectivity index (χ4v) is 8.58. The fraction of sp³-hybridized carbons (Fsp3) is 0.167. The molecule has 2 aliphatic carbocycles. The van der Waals surface area contributed by atoms with Crippen molar-refractivity contribution in [3.8, 4) is 0 Å². The predicted molar refractivity (Wildman–Crippen MR) is 95.6 cm³/mol. The van der Waals surface area contributed by atoms with Crippen molar-refractivity contribution >= 4 is 29.1 Å². The van der Waals surface area contributed by atoms with Gasteiger partial charge in [0.2, 0.25) is 0 Å². The van der Waals surface area contributed by atoms with Crippen molar-refractivity contribution in [1.82, 2.24) is 0 Å². The zero-order valence-electron chi connectivity index (χ0n) is 12.2. The van der Waals surface area contributed by atoms with Gasteiger partial charge in [-0.1, -0.05) is 0 Å². The Labute approximate surface area is 143 Å². The van der Waals surface area contributed by atoms with E-state index in [0.717, 1.165) is 12.8 Å².